The number of hydrogen-bond donors (Lipinski definition) is 1. The van der Waals surface area contributed by atoms with E-state index in [2.05, 4.69) is 15.9 Å². The van der Waals surface area contributed by atoms with Gasteiger partial charge in [0.25, 0.3) is 0 Å². The fourth-order valence-electron chi connectivity index (χ4n) is 0.823. The zero-order valence-electron chi connectivity index (χ0n) is 7.21. The summed E-state index contributed by atoms with van der Waals surface area (Å²) in [6.07, 6.45) is -0.778. The number of aliphatic hydroxyl groups is 1. The molecule has 1 aromatic rings. The average Bonchev–Trinajstić information content (AvgIpc) is 2.16. The second-order valence-corrected chi connectivity index (χ2v) is 3.92. The van der Waals surface area contributed by atoms with Crippen molar-refractivity contribution in [3.63, 3.8) is 0 Å². The predicted molar refractivity (Wildman–Crippen MR) is 56.3 cm³/mol. The number of aliphatic hydroxyl groups excluding tert-OH is 1. The lowest BCUT2D eigenvalue weighted by atomic mass is 10.3. The third-order valence-electron chi connectivity index (χ3n) is 1.50. The maximum Gasteiger partial charge on any atom is 0.166 e. The molecule has 1 N–H and O–H groups in total. The predicted octanol–water partition coefficient (Wildman–Crippen LogP) is 2.57. The first kappa shape index (κ1) is 11.8. The van der Waals surface area contributed by atoms with Crippen LogP contribution in [-0.4, -0.2) is 23.7 Å². The van der Waals surface area contributed by atoms with Crippen LogP contribution in [0, 0.1) is 5.82 Å². The van der Waals surface area contributed by atoms with Gasteiger partial charge in [-0.15, -0.1) is 11.6 Å². The largest absolute Gasteiger partial charge is 0.488 e. The minimum Gasteiger partial charge on any atom is -0.488 e. The Hall–Kier alpha value is -0.320. The summed E-state index contributed by atoms with van der Waals surface area (Å²) in [7, 11) is 0. The van der Waals surface area contributed by atoms with Gasteiger partial charge in [0, 0.05) is 4.47 Å². The average molecular weight is 284 g/mol. The molecule has 5 heteroatoms. The normalized spacial score (nSPS) is 12.6. The van der Waals surface area contributed by atoms with Crippen LogP contribution in [0.25, 0.3) is 0 Å². The van der Waals surface area contributed by atoms with E-state index in [1.54, 1.807) is 6.07 Å². The molecule has 78 valence electrons. The van der Waals surface area contributed by atoms with Crippen molar-refractivity contribution < 1.29 is 14.2 Å². The molecule has 1 atom stereocenters. The number of alkyl halides is 1. The molecule has 0 aliphatic carbocycles. The van der Waals surface area contributed by atoms with Gasteiger partial charge in [-0.2, -0.15) is 0 Å². The van der Waals surface area contributed by atoms with Gasteiger partial charge in [0.1, 0.15) is 12.7 Å². The Bertz CT molecular complexity index is 309. The highest BCUT2D eigenvalue weighted by Gasteiger charge is 2.07. The van der Waals surface area contributed by atoms with Crippen LogP contribution in [0.4, 0.5) is 4.39 Å². The molecule has 14 heavy (non-hydrogen) atoms. The standard InChI is InChI=1S/C9H9BrClFO2/c10-6-1-2-9(8(12)3-6)14-5-7(13)4-11/h1-3,7,13H,4-5H2. The summed E-state index contributed by atoms with van der Waals surface area (Å²) >= 11 is 8.48. The van der Waals surface area contributed by atoms with Gasteiger partial charge in [-0.05, 0) is 18.2 Å². The Balaban J connectivity index is 2.59. The van der Waals surface area contributed by atoms with Crippen molar-refractivity contribution in [2.45, 2.75) is 6.10 Å². The summed E-state index contributed by atoms with van der Waals surface area (Å²) in [5.74, 6) is -0.295. The molecule has 0 heterocycles. The molecule has 0 bridgehead atoms. The number of hydrogen-bond acceptors (Lipinski definition) is 2. The molecular weight excluding hydrogens is 274 g/mol. The number of ether oxygens (including phenoxy) is 1. The second kappa shape index (κ2) is 5.53. The molecule has 1 aromatic carbocycles. The first-order valence-corrected chi connectivity index (χ1v) is 5.28. The molecule has 0 saturated heterocycles. The number of halogens is 3. The fourth-order valence-corrected chi connectivity index (χ4v) is 1.25. The summed E-state index contributed by atoms with van der Waals surface area (Å²) in [6, 6.07) is 4.44. The highest BCUT2D eigenvalue weighted by Crippen LogP contribution is 2.21. The summed E-state index contributed by atoms with van der Waals surface area (Å²) in [5.41, 5.74) is 0. The van der Waals surface area contributed by atoms with Crippen molar-refractivity contribution in [1.29, 1.82) is 0 Å². The third-order valence-corrected chi connectivity index (χ3v) is 2.35. The first-order valence-electron chi connectivity index (χ1n) is 3.95. The van der Waals surface area contributed by atoms with E-state index in [0.29, 0.717) is 4.47 Å². The van der Waals surface area contributed by atoms with Crippen LogP contribution in [0.2, 0.25) is 0 Å². The maximum absolute atomic E-state index is 13.1. The first-order chi connectivity index (χ1) is 6.63. The van der Waals surface area contributed by atoms with E-state index < -0.39 is 11.9 Å². The van der Waals surface area contributed by atoms with E-state index in [1.807, 2.05) is 0 Å². The molecule has 0 aromatic heterocycles. The maximum atomic E-state index is 13.1. The Morgan fingerprint density at radius 1 is 1.57 bits per heavy atom. The Morgan fingerprint density at radius 3 is 2.86 bits per heavy atom. The zero-order valence-corrected chi connectivity index (χ0v) is 9.55. The minimum atomic E-state index is -0.778. The van der Waals surface area contributed by atoms with E-state index in [1.165, 1.54) is 12.1 Å². The highest BCUT2D eigenvalue weighted by atomic mass is 79.9. The molecule has 0 fully saturated rings. The second-order valence-electron chi connectivity index (χ2n) is 2.69. The van der Waals surface area contributed by atoms with Crippen molar-refractivity contribution in [3.8, 4) is 5.75 Å². The summed E-state index contributed by atoms with van der Waals surface area (Å²) < 4.78 is 18.8. The summed E-state index contributed by atoms with van der Waals surface area (Å²) in [6.45, 7) is -0.0119. The van der Waals surface area contributed by atoms with Crippen LogP contribution in [0.1, 0.15) is 0 Å². The smallest absolute Gasteiger partial charge is 0.166 e. The molecule has 1 unspecified atom stereocenters. The van der Waals surface area contributed by atoms with Crippen molar-refractivity contribution in [3.05, 3.63) is 28.5 Å². The molecule has 0 radical (unpaired) electrons. The molecule has 1 rings (SSSR count). The minimum absolute atomic E-state index is 0.0119. The van der Waals surface area contributed by atoms with E-state index in [-0.39, 0.29) is 18.2 Å². The van der Waals surface area contributed by atoms with Crippen molar-refractivity contribution in [1.82, 2.24) is 0 Å². The molecule has 0 aliphatic rings. The Kier molecular flexibility index (Phi) is 4.65. The Morgan fingerprint density at radius 2 is 2.29 bits per heavy atom. The quantitative estimate of drug-likeness (QED) is 0.861. The summed E-state index contributed by atoms with van der Waals surface area (Å²) in [4.78, 5) is 0. The lowest BCUT2D eigenvalue weighted by Crippen LogP contribution is -2.19. The highest BCUT2D eigenvalue weighted by molar-refractivity contribution is 9.10. The lowest BCUT2D eigenvalue weighted by molar-refractivity contribution is 0.122. The Labute approximate surface area is 94.8 Å². The van der Waals surface area contributed by atoms with Gasteiger partial charge < -0.3 is 9.84 Å². The van der Waals surface area contributed by atoms with Crippen LogP contribution in [0.5, 0.6) is 5.75 Å². The van der Waals surface area contributed by atoms with Gasteiger partial charge in [0.05, 0.1) is 5.88 Å². The van der Waals surface area contributed by atoms with Gasteiger partial charge in [-0.3, -0.25) is 0 Å². The van der Waals surface area contributed by atoms with E-state index >= 15 is 0 Å². The van der Waals surface area contributed by atoms with Gasteiger partial charge in [-0.1, -0.05) is 15.9 Å². The monoisotopic (exact) mass is 282 g/mol. The van der Waals surface area contributed by atoms with Crippen LogP contribution >= 0.6 is 27.5 Å². The fraction of sp³-hybridized carbons (Fsp3) is 0.333. The number of benzene rings is 1. The van der Waals surface area contributed by atoms with Gasteiger partial charge in [0.15, 0.2) is 11.6 Å². The van der Waals surface area contributed by atoms with E-state index in [4.69, 9.17) is 21.4 Å². The molecule has 2 nitrogen and oxygen atoms in total. The molecular formula is C9H9BrClFO2. The van der Waals surface area contributed by atoms with Gasteiger partial charge in [-0.25, -0.2) is 4.39 Å². The number of rotatable bonds is 4. The van der Waals surface area contributed by atoms with Crippen LogP contribution in [0.3, 0.4) is 0 Å². The van der Waals surface area contributed by atoms with E-state index in [9.17, 15) is 4.39 Å². The van der Waals surface area contributed by atoms with E-state index in [0.717, 1.165) is 0 Å². The molecule has 0 amide bonds. The summed E-state index contributed by atoms with van der Waals surface area (Å²) in [5, 5.41) is 9.08. The van der Waals surface area contributed by atoms with Crippen molar-refractivity contribution in [2.75, 3.05) is 12.5 Å². The lowest BCUT2D eigenvalue weighted by Gasteiger charge is -2.10. The van der Waals surface area contributed by atoms with Crippen LogP contribution in [-0.2, 0) is 0 Å². The molecule has 0 spiro atoms. The SMILES string of the molecule is OC(CCl)COc1ccc(Br)cc1F. The van der Waals surface area contributed by atoms with Crippen LogP contribution < -0.4 is 4.74 Å². The molecule has 0 aliphatic heterocycles. The van der Waals surface area contributed by atoms with Gasteiger partial charge in [0.2, 0.25) is 0 Å². The molecule has 0 saturated carbocycles. The zero-order chi connectivity index (χ0) is 10.6. The van der Waals surface area contributed by atoms with Crippen molar-refractivity contribution >= 4 is 27.5 Å². The van der Waals surface area contributed by atoms with Crippen LogP contribution in [0.15, 0.2) is 22.7 Å². The van der Waals surface area contributed by atoms with Gasteiger partial charge >= 0.3 is 0 Å². The third kappa shape index (κ3) is 3.44. The van der Waals surface area contributed by atoms with Crippen molar-refractivity contribution in [2.24, 2.45) is 0 Å². The topological polar surface area (TPSA) is 29.5 Å².